The smallest absolute Gasteiger partial charge is 0.167 e. The molecule has 1 N–H and O–H groups in total. The topological polar surface area (TPSA) is 61.6 Å². The molecule has 0 spiro atoms. The van der Waals surface area contributed by atoms with E-state index in [1.54, 1.807) is 0 Å². The lowest BCUT2D eigenvalue weighted by Crippen LogP contribution is -2.18. The van der Waals surface area contributed by atoms with Gasteiger partial charge in [0.15, 0.2) is 5.82 Å². The van der Waals surface area contributed by atoms with Gasteiger partial charge in [-0.1, -0.05) is 12.2 Å². The van der Waals surface area contributed by atoms with Crippen molar-refractivity contribution in [3.63, 3.8) is 0 Å². The third-order valence-electron chi connectivity index (χ3n) is 2.92. The van der Waals surface area contributed by atoms with Crippen molar-refractivity contribution in [3.8, 4) is 6.07 Å². The molecule has 0 amide bonds. The van der Waals surface area contributed by atoms with Crippen LogP contribution in [-0.4, -0.2) is 16.2 Å². The summed E-state index contributed by atoms with van der Waals surface area (Å²) < 4.78 is 0. The SMILES string of the molecule is Cc1nnc(NC2CC=CC2)c(C#N)c1C. The molecule has 0 radical (unpaired) electrons. The highest BCUT2D eigenvalue weighted by Crippen LogP contribution is 2.21. The zero-order chi connectivity index (χ0) is 11.5. The predicted molar refractivity (Wildman–Crippen MR) is 62.0 cm³/mol. The molecule has 0 atom stereocenters. The lowest BCUT2D eigenvalue weighted by atomic mass is 10.1. The Hall–Kier alpha value is -1.89. The summed E-state index contributed by atoms with van der Waals surface area (Å²) in [6.45, 7) is 3.77. The Kier molecular flexibility index (Phi) is 2.86. The maximum absolute atomic E-state index is 9.12. The van der Waals surface area contributed by atoms with Gasteiger partial charge in [-0.15, -0.1) is 5.10 Å². The number of nitrogens with zero attached hydrogens (tertiary/aromatic N) is 3. The van der Waals surface area contributed by atoms with Crippen LogP contribution in [0.1, 0.15) is 29.7 Å². The molecule has 0 fully saturated rings. The third-order valence-corrected chi connectivity index (χ3v) is 2.92. The Morgan fingerprint density at radius 3 is 2.62 bits per heavy atom. The second-order valence-electron chi connectivity index (χ2n) is 4.03. The minimum Gasteiger partial charge on any atom is -0.364 e. The molecule has 1 aliphatic rings. The van der Waals surface area contributed by atoms with Crippen LogP contribution in [0.15, 0.2) is 12.2 Å². The minimum absolute atomic E-state index is 0.350. The summed E-state index contributed by atoms with van der Waals surface area (Å²) in [5, 5.41) is 20.5. The lowest BCUT2D eigenvalue weighted by molar-refractivity contribution is 0.771. The summed E-state index contributed by atoms with van der Waals surface area (Å²) in [7, 11) is 0. The van der Waals surface area contributed by atoms with Crippen molar-refractivity contribution in [3.05, 3.63) is 29.0 Å². The first-order valence-electron chi connectivity index (χ1n) is 5.38. The van der Waals surface area contributed by atoms with Gasteiger partial charge < -0.3 is 5.32 Å². The van der Waals surface area contributed by atoms with Crippen LogP contribution in [0.2, 0.25) is 0 Å². The number of aryl methyl sites for hydroxylation is 1. The lowest BCUT2D eigenvalue weighted by Gasteiger charge is -2.14. The molecule has 0 bridgehead atoms. The normalized spacial score (nSPS) is 15.1. The molecule has 1 aromatic heterocycles. The van der Waals surface area contributed by atoms with Crippen molar-refractivity contribution in [2.24, 2.45) is 0 Å². The van der Waals surface area contributed by atoms with E-state index in [-0.39, 0.29) is 0 Å². The van der Waals surface area contributed by atoms with E-state index >= 15 is 0 Å². The van der Waals surface area contributed by atoms with Crippen LogP contribution in [0, 0.1) is 25.2 Å². The van der Waals surface area contributed by atoms with Crippen LogP contribution in [-0.2, 0) is 0 Å². The molecule has 0 aromatic carbocycles. The summed E-state index contributed by atoms with van der Waals surface area (Å²) in [6, 6.07) is 2.54. The monoisotopic (exact) mass is 214 g/mol. The zero-order valence-electron chi connectivity index (χ0n) is 9.49. The summed E-state index contributed by atoms with van der Waals surface area (Å²) in [4.78, 5) is 0. The average Bonchev–Trinajstić information content (AvgIpc) is 2.77. The zero-order valence-corrected chi connectivity index (χ0v) is 9.49. The van der Waals surface area contributed by atoms with Gasteiger partial charge in [0.25, 0.3) is 0 Å². The van der Waals surface area contributed by atoms with Crippen LogP contribution >= 0.6 is 0 Å². The Morgan fingerprint density at radius 2 is 2.00 bits per heavy atom. The van der Waals surface area contributed by atoms with Crippen LogP contribution in [0.4, 0.5) is 5.82 Å². The van der Waals surface area contributed by atoms with Crippen LogP contribution in [0.5, 0.6) is 0 Å². The summed E-state index contributed by atoms with van der Waals surface area (Å²) in [5.41, 5.74) is 2.33. The molecular weight excluding hydrogens is 200 g/mol. The van der Waals surface area contributed by atoms with E-state index in [4.69, 9.17) is 5.26 Å². The molecule has 0 unspecified atom stereocenters. The predicted octanol–water partition coefficient (Wildman–Crippen LogP) is 2.10. The fraction of sp³-hybridized carbons (Fsp3) is 0.417. The largest absolute Gasteiger partial charge is 0.364 e. The van der Waals surface area contributed by atoms with Gasteiger partial charge in [0.05, 0.1) is 5.69 Å². The van der Waals surface area contributed by atoms with Crippen molar-refractivity contribution >= 4 is 5.82 Å². The van der Waals surface area contributed by atoms with Gasteiger partial charge in [0.2, 0.25) is 0 Å². The molecule has 2 rings (SSSR count). The molecule has 1 aromatic rings. The molecule has 0 saturated heterocycles. The van der Waals surface area contributed by atoms with E-state index in [1.165, 1.54) is 0 Å². The molecule has 82 valence electrons. The average molecular weight is 214 g/mol. The van der Waals surface area contributed by atoms with Crippen LogP contribution < -0.4 is 5.32 Å². The van der Waals surface area contributed by atoms with Gasteiger partial charge in [0, 0.05) is 6.04 Å². The van der Waals surface area contributed by atoms with Crippen LogP contribution in [0.25, 0.3) is 0 Å². The Bertz CT molecular complexity index is 463. The van der Waals surface area contributed by atoms with Gasteiger partial charge in [-0.25, -0.2) is 0 Å². The molecule has 0 aliphatic heterocycles. The van der Waals surface area contributed by atoms with Crippen molar-refractivity contribution in [2.75, 3.05) is 5.32 Å². The fourth-order valence-corrected chi connectivity index (χ4v) is 1.77. The summed E-state index contributed by atoms with van der Waals surface area (Å²) in [6.07, 6.45) is 6.25. The first-order valence-corrected chi connectivity index (χ1v) is 5.38. The molecular formula is C12H14N4. The van der Waals surface area contributed by atoms with Crippen molar-refractivity contribution < 1.29 is 0 Å². The highest BCUT2D eigenvalue weighted by atomic mass is 15.2. The van der Waals surface area contributed by atoms with E-state index in [0.717, 1.165) is 24.1 Å². The van der Waals surface area contributed by atoms with Gasteiger partial charge in [-0.2, -0.15) is 10.4 Å². The number of hydrogen-bond acceptors (Lipinski definition) is 4. The Morgan fingerprint density at radius 1 is 1.31 bits per heavy atom. The van der Waals surface area contributed by atoms with Gasteiger partial charge in [0.1, 0.15) is 11.6 Å². The Labute approximate surface area is 95.0 Å². The molecule has 1 heterocycles. The molecule has 16 heavy (non-hydrogen) atoms. The third kappa shape index (κ3) is 1.89. The first kappa shape index (κ1) is 10.6. The van der Waals surface area contributed by atoms with Crippen molar-refractivity contribution in [1.82, 2.24) is 10.2 Å². The fourth-order valence-electron chi connectivity index (χ4n) is 1.77. The first-order chi connectivity index (χ1) is 7.72. The number of nitriles is 1. The molecule has 0 saturated carbocycles. The molecule has 1 aliphatic carbocycles. The molecule has 4 nitrogen and oxygen atoms in total. The van der Waals surface area contributed by atoms with Gasteiger partial charge in [-0.3, -0.25) is 0 Å². The Balaban J connectivity index is 2.27. The quantitative estimate of drug-likeness (QED) is 0.766. The van der Waals surface area contributed by atoms with Crippen LogP contribution in [0.3, 0.4) is 0 Å². The minimum atomic E-state index is 0.350. The summed E-state index contributed by atoms with van der Waals surface area (Å²) in [5.74, 6) is 0.610. The highest BCUT2D eigenvalue weighted by Gasteiger charge is 2.15. The van der Waals surface area contributed by atoms with Crippen molar-refractivity contribution in [1.29, 1.82) is 5.26 Å². The van der Waals surface area contributed by atoms with E-state index in [0.29, 0.717) is 17.4 Å². The standard InChI is InChI=1S/C12H14N4/c1-8-9(2)15-16-12(11(8)7-13)14-10-5-3-4-6-10/h3-4,10H,5-6H2,1-2H3,(H,14,16). The highest BCUT2D eigenvalue weighted by molar-refractivity contribution is 5.56. The maximum atomic E-state index is 9.12. The number of anilines is 1. The maximum Gasteiger partial charge on any atom is 0.167 e. The van der Waals surface area contributed by atoms with Crippen molar-refractivity contribution in [2.45, 2.75) is 32.7 Å². The number of aromatic nitrogens is 2. The van der Waals surface area contributed by atoms with E-state index < -0.39 is 0 Å². The van der Waals surface area contributed by atoms with Gasteiger partial charge >= 0.3 is 0 Å². The van der Waals surface area contributed by atoms with E-state index in [9.17, 15) is 0 Å². The molecule has 4 heteroatoms. The summed E-state index contributed by atoms with van der Waals surface area (Å²) >= 11 is 0. The number of nitrogens with one attached hydrogen (secondary N) is 1. The number of rotatable bonds is 2. The second-order valence-corrected chi connectivity index (χ2v) is 4.03. The van der Waals surface area contributed by atoms with E-state index in [2.05, 4.69) is 33.7 Å². The van der Waals surface area contributed by atoms with Gasteiger partial charge in [-0.05, 0) is 32.3 Å². The second kappa shape index (κ2) is 4.31. The van der Waals surface area contributed by atoms with E-state index in [1.807, 2.05) is 13.8 Å². The number of hydrogen-bond donors (Lipinski definition) is 1.